The highest BCUT2D eigenvalue weighted by Crippen LogP contribution is 2.28. The number of anilines is 1. The molecule has 2 aromatic heterocycles. The highest BCUT2D eigenvalue weighted by atomic mass is 19.4. The van der Waals surface area contributed by atoms with Crippen molar-refractivity contribution in [2.45, 2.75) is 19.1 Å². The number of hydrogen-bond donors (Lipinski definition) is 2. The predicted molar refractivity (Wildman–Crippen MR) is 120 cm³/mol. The lowest BCUT2D eigenvalue weighted by molar-refractivity contribution is -0.137. The average molecular weight is 467 g/mol. The number of benzene rings is 2. The number of nitrogens with one attached hydrogen (secondary N) is 2. The Morgan fingerprint density at radius 1 is 0.941 bits per heavy atom. The molecule has 0 saturated carbocycles. The molecule has 0 bridgehead atoms. The van der Waals surface area contributed by atoms with Crippen LogP contribution in [0.5, 0.6) is 0 Å². The van der Waals surface area contributed by atoms with Crippen LogP contribution < -0.4 is 10.6 Å². The minimum Gasteiger partial charge on any atom is -0.349 e. The van der Waals surface area contributed by atoms with E-state index in [4.69, 9.17) is 0 Å². The van der Waals surface area contributed by atoms with Crippen molar-refractivity contribution in [2.75, 3.05) is 11.9 Å². The molecule has 10 heteroatoms. The van der Waals surface area contributed by atoms with E-state index in [1.807, 2.05) is 59.2 Å². The number of alkyl halides is 3. The summed E-state index contributed by atoms with van der Waals surface area (Å²) in [7, 11) is 0. The van der Waals surface area contributed by atoms with Crippen LogP contribution in [0.15, 0.2) is 72.9 Å². The van der Waals surface area contributed by atoms with Crippen molar-refractivity contribution in [2.24, 2.45) is 0 Å². The second-order valence-electron chi connectivity index (χ2n) is 7.48. The van der Waals surface area contributed by atoms with Crippen LogP contribution in [-0.2, 0) is 17.5 Å². The Balaban J connectivity index is 1.39. The van der Waals surface area contributed by atoms with Gasteiger partial charge in [-0.25, -0.2) is 9.97 Å². The van der Waals surface area contributed by atoms with Crippen molar-refractivity contribution in [3.05, 3.63) is 89.9 Å². The van der Waals surface area contributed by atoms with Gasteiger partial charge in [0.1, 0.15) is 5.82 Å². The molecule has 4 aromatic rings. The van der Waals surface area contributed by atoms with Crippen LogP contribution in [0, 0.1) is 0 Å². The zero-order chi connectivity index (χ0) is 24.1. The van der Waals surface area contributed by atoms with E-state index in [2.05, 4.69) is 20.6 Å². The molecule has 0 saturated heterocycles. The van der Waals surface area contributed by atoms with E-state index >= 15 is 0 Å². The van der Waals surface area contributed by atoms with Crippen LogP contribution in [0.3, 0.4) is 0 Å². The number of halogens is 3. The maximum absolute atomic E-state index is 12.9. The van der Waals surface area contributed by atoms with E-state index in [1.54, 1.807) is 0 Å². The van der Waals surface area contributed by atoms with Gasteiger partial charge in [-0.3, -0.25) is 9.59 Å². The molecule has 0 radical (unpaired) electrons. The average Bonchev–Trinajstić information content (AvgIpc) is 3.18. The monoisotopic (exact) mass is 467 g/mol. The Hall–Kier alpha value is -4.21. The maximum Gasteiger partial charge on any atom is 0.417 e. The van der Waals surface area contributed by atoms with Crippen LogP contribution in [0.1, 0.15) is 28.2 Å². The van der Waals surface area contributed by atoms with E-state index < -0.39 is 23.6 Å². The Morgan fingerprint density at radius 3 is 2.38 bits per heavy atom. The first-order chi connectivity index (χ1) is 16.3. The number of aromatic nitrogens is 3. The van der Waals surface area contributed by atoms with Gasteiger partial charge in [0, 0.05) is 25.7 Å². The number of para-hydroxylation sites is 2. The number of rotatable bonds is 7. The molecule has 2 heterocycles. The molecule has 0 atom stereocenters. The summed E-state index contributed by atoms with van der Waals surface area (Å²) in [5, 5.41) is 5.09. The largest absolute Gasteiger partial charge is 0.417 e. The van der Waals surface area contributed by atoms with Gasteiger partial charge in [-0.15, -0.1) is 0 Å². The van der Waals surface area contributed by atoms with Gasteiger partial charge in [0.05, 0.1) is 16.6 Å². The van der Waals surface area contributed by atoms with Crippen molar-refractivity contribution >= 4 is 28.7 Å². The predicted octanol–water partition coefficient (Wildman–Crippen LogP) is 4.26. The number of amides is 2. The second-order valence-corrected chi connectivity index (χ2v) is 7.48. The van der Waals surface area contributed by atoms with Gasteiger partial charge >= 0.3 is 6.18 Å². The van der Waals surface area contributed by atoms with E-state index in [9.17, 15) is 22.8 Å². The third-order valence-electron chi connectivity index (χ3n) is 5.04. The third-order valence-corrected chi connectivity index (χ3v) is 5.04. The lowest BCUT2D eigenvalue weighted by Gasteiger charge is -2.10. The topological polar surface area (TPSA) is 88.9 Å². The molecule has 2 aromatic carbocycles. The Kier molecular flexibility index (Phi) is 6.58. The number of fused-ring (bicyclic) bond motifs is 1. The summed E-state index contributed by atoms with van der Waals surface area (Å²) in [4.78, 5) is 33.0. The van der Waals surface area contributed by atoms with Gasteiger partial charge in [0.25, 0.3) is 5.91 Å². The molecule has 4 rings (SSSR count). The standard InChI is InChI=1S/C24H20F3N5O2/c25-24(26,27)17-10-11-20(29-14-17)31-21(33)12-13-28-23(34)22-30-18-8-4-5-9-19(18)32(22)15-16-6-2-1-3-7-16/h1-11,14H,12-13,15H2,(H,28,34)(H,29,31,33). The molecule has 0 aliphatic rings. The lowest BCUT2D eigenvalue weighted by Crippen LogP contribution is -2.30. The number of nitrogens with zero attached hydrogens (tertiary/aromatic N) is 3. The van der Waals surface area contributed by atoms with Crippen LogP contribution >= 0.6 is 0 Å². The third kappa shape index (κ3) is 5.40. The molecule has 7 nitrogen and oxygen atoms in total. The van der Waals surface area contributed by atoms with E-state index in [0.717, 1.165) is 23.2 Å². The molecule has 174 valence electrons. The van der Waals surface area contributed by atoms with E-state index in [0.29, 0.717) is 18.3 Å². The second kappa shape index (κ2) is 9.74. The first kappa shape index (κ1) is 23.0. The summed E-state index contributed by atoms with van der Waals surface area (Å²) in [6.45, 7) is 0.462. The van der Waals surface area contributed by atoms with Crippen LogP contribution in [-0.4, -0.2) is 32.9 Å². The summed E-state index contributed by atoms with van der Waals surface area (Å²) in [6, 6.07) is 19.0. The van der Waals surface area contributed by atoms with Gasteiger partial charge in [-0.2, -0.15) is 13.2 Å². The molecule has 0 spiro atoms. The Labute approximate surface area is 192 Å². The lowest BCUT2D eigenvalue weighted by atomic mass is 10.2. The minimum absolute atomic E-state index is 0.00557. The van der Waals surface area contributed by atoms with Crippen LogP contribution in [0.4, 0.5) is 19.0 Å². The fraction of sp³-hybridized carbons (Fsp3) is 0.167. The van der Waals surface area contributed by atoms with Crippen LogP contribution in [0.2, 0.25) is 0 Å². The number of carbonyl (C=O) groups excluding carboxylic acids is 2. The maximum atomic E-state index is 12.9. The number of imidazole rings is 1. The zero-order valence-electron chi connectivity index (χ0n) is 17.8. The van der Waals surface area contributed by atoms with Gasteiger partial charge in [-0.05, 0) is 29.8 Å². The molecule has 2 N–H and O–H groups in total. The van der Waals surface area contributed by atoms with E-state index in [-0.39, 0.29) is 24.6 Å². The molecule has 0 aliphatic heterocycles. The zero-order valence-corrected chi connectivity index (χ0v) is 17.8. The normalized spacial score (nSPS) is 11.4. The molecular weight excluding hydrogens is 447 g/mol. The number of pyridine rings is 1. The first-order valence-electron chi connectivity index (χ1n) is 10.4. The molecular formula is C24H20F3N5O2. The number of hydrogen-bond acceptors (Lipinski definition) is 4. The first-order valence-corrected chi connectivity index (χ1v) is 10.4. The Morgan fingerprint density at radius 2 is 1.68 bits per heavy atom. The van der Waals surface area contributed by atoms with Crippen molar-refractivity contribution in [1.82, 2.24) is 19.9 Å². The summed E-state index contributed by atoms with van der Waals surface area (Å²) < 4.78 is 39.6. The fourth-order valence-electron chi connectivity index (χ4n) is 3.38. The summed E-state index contributed by atoms with van der Waals surface area (Å²) >= 11 is 0. The van der Waals surface area contributed by atoms with Gasteiger partial charge in [0.15, 0.2) is 5.82 Å². The van der Waals surface area contributed by atoms with Gasteiger partial charge in [0.2, 0.25) is 5.91 Å². The van der Waals surface area contributed by atoms with Crippen molar-refractivity contribution in [1.29, 1.82) is 0 Å². The summed E-state index contributed by atoms with van der Waals surface area (Å²) in [5.74, 6) is -0.721. The van der Waals surface area contributed by atoms with Crippen molar-refractivity contribution in [3.8, 4) is 0 Å². The van der Waals surface area contributed by atoms with Crippen molar-refractivity contribution in [3.63, 3.8) is 0 Å². The van der Waals surface area contributed by atoms with Crippen molar-refractivity contribution < 1.29 is 22.8 Å². The molecule has 2 amide bonds. The minimum atomic E-state index is -4.50. The summed E-state index contributed by atoms with van der Waals surface area (Å²) in [5.41, 5.74) is 1.58. The summed E-state index contributed by atoms with van der Waals surface area (Å²) in [6.07, 6.45) is -3.95. The van der Waals surface area contributed by atoms with Gasteiger partial charge in [-0.1, -0.05) is 42.5 Å². The molecule has 0 aliphatic carbocycles. The van der Waals surface area contributed by atoms with Crippen LogP contribution in [0.25, 0.3) is 11.0 Å². The SMILES string of the molecule is O=C(CCNC(=O)c1nc2ccccc2n1Cc1ccccc1)Nc1ccc(C(F)(F)F)cn1. The fourth-order valence-corrected chi connectivity index (χ4v) is 3.38. The highest BCUT2D eigenvalue weighted by molar-refractivity contribution is 5.95. The van der Waals surface area contributed by atoms with E-state index in [1.165, 1.54) is 0 Å². The molecule has 0 unspecified atom stereocenters. The quantitative estimate of drug-likeness (QED) is 0.425. The number of carbonyl (C=O) groups is 2. The van der Waals surface area contributed by atoms with Gasteiger partial charge < -0.3 is 15.2 Å². The smallest absolute Gasteiger partial charge is 0.349 e. The highest BCUT2D eigenvalue weighted by Gasteiger charge is 2.30. The Bertz CT molecular complexity index is 1300. The molecule has 0 fully saturated rings. The molecule has 34 heavy (non-hydrogen) atoms.